The minimum atomic E-state index is -4.56. The summed E-state index contributed by atoms with van der Waals surface area (Å²) in [6.07, 6.45) is -4.65. The second-order valence-electron chi connectivity index (χ2n) is 7.46. The second-order valence-corrected chi connectivity index (χ2v) is 7.46. The van der Waals surface area contributed by atoms with Gasteiger partial charge in [0.25, 0.3) is 0 Å². The molecule has 0 spiro atoms. The first-order valence-corrected chi connectivity index (χ1v) is 9.52. The number of alkyl halides is 3. The van der Waals surface area contributed by atoms with Gasteiger partial charge < -0.3 is 20.6 Å². The number of benzene rings is 2. The van der Waals surface area contributed by atoms with Gasteiger partial charge in [0, 0.05) is 22.4 Å². The van der Waals surface area contributed by atoms with E-state index in [1.54, 1.807) is 24.3 Å². The summed E-state index contributed by atoms with van der Waals surface area (Å²) < 4.78 is 38.7. The first kappa shape index (κ1) is 20.4. The standard InChI is InChI=1S/C21H20F3N3O3/c22-21(23,24)11-5-7-15(17(29)9-11)19-13-3-1-2-4-14(13)20(27-26-19)25-12-6-8-16(28)18(30)10-12/h1-5,7,9,12,16,18,28-30H,6,8,10H2,(H,25,27)/t12-,16+,18+/m0/s1. The molecule has 1 aliphatic carbocycles. The summed E-state index contributed by atoms with van der Waals surface area (Å²) in [7, 11) is 0. The average molecular weight is 419 g/mol. The molecule has 6 nitrogen and oxygen atoms in total. The molecule has 1 aromatic heterocycles. The van der Waals surface area contributed by atoms with Crippen molar-refractivity contribution in [3.63, 3.8) is 0 Å². The number of nitrogens with one attached hydrogen (secondary N) is 1. The van der Waals surface area contributed by atoms with Crippen molar-refractivity contribution in [1.82, 2.24) is 10.2 Å². The van der Waals surface area contributed by atoms with Gasteiger partial charge in [0.15, 0.2) is 5.82 Å². The van der Waals surface area contributed by atoms with Crippen LogP contribution in [0, 0.1) is 0 Å². The average Bonchev–Trinajstić information content (AvgIpc) is 2.70. The van der Waals surface area contributed by atoms with Gasteiger partial charge in [-0.15, -0.1) is 10.2 Å². The van der Waals surface area contributed by atoms with Gasteiger partial charge in [-0.25, -0.2) is 0 Å². The van der Waals surface area contributed by atoms with E-state index >= 15 is 0 Å². The van der Waals surface area contributed by atoms with Crippen molar-refractivity contribution in [2.75, 3.05) is 5.32 Å². The van der Waals surface area contributed by atoms with E-state index in [0.29, 0.717) is 41.9 Å². The van der Waals surface area contributed by atoms with Gasteiger partial charge in [-0.1, -0.05) is 24.3 Å². The smallest absolute Gasteiger partial charge is 0.416 e. The van der Waals surface area contributed by atoms with Crippen LogP contribution in [0.4, 0.5) is 19.0 Å². The summed E-state index contributed by atoms with van der Waals surface area (Å²) >= 11 is 0. The number of phenols is 1. The number of phenolic OH excluding ortho intramolecular Hbond substituents is 1. The Kier molecular flexibility index (Phi) is 5.25. The summed E-state index contributed by atoms with van der Waals surface area (Å²) in [6, 6.07) is 9.75. The lowest BCUT2D eigenvalue weighted by molar-refractivity contribution is -0.137. The van der Waals surface area contributed by atoms with E-state index in [0.717, 1.165) is 6.07 Å². The first-order chi connectivity index (χ1) is 14.2. The Labute approximate surface area is 170 Å². The van der Waals surface area contributed by atoms with Crippen molar-refractivity contribution in [2.24, 2.45) is 0 Å². The molecule has 158 valence electrons. The summed E-state index contributed by atoms with van der Waals surface area (Å²) in [5, 5.41) is 42.7. The highest BCUT2D eigenvalue weighted by Crippen LogP contribution is 2.39. The molecule has 2 aromatic carbocycles. The molecule has 30 heavy (non-hydrogen) atoms. The van der Waals surface area contributed by atoms with E-state index < -0.39 is 29.7 Å². The Hall–Kier alpha value is -2.91. The van der Waals surface area contributed by atoms with E-state index in [1.807, 2.05) is 0 Å². The third kappa shape index (κ3) is 3.90. The van der Waals surface area contributed by atoms with Gasteiger partial charge in [-0.3, -0.25) is 0 Å². The molecule has 0 amide bonds. The number of aliphatic hydroxyl groups is 2. The molecule has 4 rings (SSSR count). The molecule has 0 bridgehead atoms. The maximum atomic E-state index is 12.9. The Morgan fingerprint density at radius 1 is 0.933 bits per heavy atom. The summed E-state index contributed by atoms with van der Waals surface area (Å²) in [5.41, 5.74) is -0.534. The molecule has 9 heteroatoms. The lowest BCUT2D eigenvalue weighted by Gasteiger charge is -2.31. The predicted octanol–water partition coefficient (Wildman–Crippen LogP) is 3.71. The fourth-order valence-electron chi connectivity index (χ4n) is 3.77. The Balaban J connectivity index is 1.71. The van der Waals surface area contributed by atoms with Crippen LogP contribution in [0.2, 0.25) is 0 Å². The molecule has 3 atom stereocenters. The molecule has 1 heterocycles. The number of anilines is 1. The Morgan fingerprint density at radius 2 is 1.67 bits per heavy atom. The first-order valence-electron chi connectivity index (χ1n) is 9.52. The van der Waals surface area contributed by atoms with Crippen LogP contribution in [0.5, 0.6) is 5.75 Å². The third-order valence-electron chi connectivity index (χ3n) is 5.39. The lowest BCUT2D eigenvalue weighted by atomic mass is 9.90. The topological polar surface area (TPSA) is 98.5 Å². The number of aliphatic hydroxyl groups excluding tert-OH is 2. The summed E-state index contributed by atoms with van der Waals surface area (Å²) in [5.74, 6) is -0.0660. The van der Waals surface area contributed by atoms with Gasteiger partial charge in [0.1, 0.15) is 11.4 Å². The minimum Gasteiger partial charge on any atom is -0.507 e. The van der Waals surface area contributed by atoms with E-state index in [4.69, 9.17) is 0 Å². The predicted molar refractivity (Wildman–Crippen MR) is 105 cm³/mol. The number of aromatic nitrogens is 2. The van der Waals surface area contributed by atoms with Crippen LogP contribution < -0.4 is 5.32 Å². The fourth-order valence-corrected chi connectivity index (χ4v) is 3.77. The van der Waals surface area contributed by atoms with Crippen LogP contribution in [0.15, 0.2) is 42.5 Å². The molecule has 1 fully saturated rings. The van der Waals surface area contributed by atoms with E-state index in [2.05, 4.69) is 15.5 Å². The number of rotatable bonds is 3. The molecule has 0 radical (unpaired) electrons. The van der Waals surface area contributed by atoms with Crippen molar-refractivity contribution >= 4 is 16.6 Å². The Morgan fingerprint density at radius 3 is 2.33 bits per heavy atom. The van der Waals surface area contributed by atoms with Crippen LogP contribution in [0.25, 0.3) is 22.0 Å². The number of hydrogen-bond acceptors (Lipinski definition) is 6. The summed E-state index contributed by atoms with van der Waals surface area (Å²) in [4.78, 5) is 0. The SMILES string of the molecule is Oc1cc(C(F)(F)F)ccc1-c1nnc(N[C@H]2CC[C@@H](O)[C@H](O)C2)c2ccccc12. The Bertz CT molecular complexity index is 1070. The molecule has 0 unspecified atom stereocenters. The largest absolute Gasteiger partial charge is 0.507 e. The zero-order valence-corrected chi connectivity index (χ0v) is 15.8. The van der Waals surface area contributed by atoms with Crippen molar-refractivity contribution < 1.29 is 28.5 Å². The van der Waals surface area contributed by atoms with Gasteiger partial charge in [0.2, 0.25) is 0 Å². The van der Waals surface area contributed by atoms with E-state index in [9.17, 15) is 28.5 Å². The van der Waals surface area contributed by atoms with Crippen LogP contribution in [-0.4, -0.2) is 43.8 Å². The van der Waals surface area contributed by atoms with Crippen molar-refractivity contribution in [3.05, 3.63) is 48.0 Å². The van der Waals surface area contributed by atoms with Crippen LogP contribution >= 0.6 is 0 Å². The number of halogens is 3. The number of aromatic hydroxyl groups is 1. The number of nitrogens with zero attached hydrogens (tertiary/aromatic N) is 2. The van der Waals surface area contributed by atoms with E-state index in [1.165, 1.54) is 6.07 Å². The number of hydrogen-bond donors (Lipinski definition) is 4. The van der Waals surface area contributed by atoms with Gasteiger partial charge in [-0.05, 0) is 37.5 Å². The van der Waals surface area contributed by atoms with Crippen LogP contribution in [0.3, 0.4) is 0 Å². The van der Waals surface area contributed by atoms with Crippen LogP contribution in [0.1, 0.15) is 24.8 Å². The highest BCUT2D eigenvalue weighted by atomic mass is 19.4. The molecule has 4 N–H and O–H groups in total. The van der Waals surface area contributed by atoms with Crippen LogP contribution in [-0.2, 0) is 6.18 Å². The third-order valence-corrected chi connectivity index (χ3v) is 5.39. The maximum absolute atomic E-state index is 12.9. The fraction of sp³-hybridized carbons (Fsp3) is 0.333. The quantitative estimate of drug-likeness (QED) is 0.517. The van der Waals surface area contributed by atoms with Gasteiger partial charge >= 0.3 is 6.18 Å². The maximum Gasteiger partial charge on any atom is 0.416 e. The lowest BCUT2D eigenvalue weighted by Crippen LogP contribution is -2.39. The highest BCUT2D eigenvalue weighted by Gasteiger charge is 2.32. The highest BCUT2D eigenvalue weighted by molar-refractivity contribution is 6.00. The molecule has 3 aromatic rings. The molecule has 0 aliphatic heterocycles. The normalized spacial score (nSPS) is 22.2. The molecule has 1 saturated carbocycles. The second kappa shape index (κ2) is 7.73. The molecule has 0 saturated heterocycles. The van der Waals surface area contributed by atoms with Crippen molar-refractivity contribution in [3.8, 4) is 17.0 Å². The van der Waals surface area contributed by atoms with Crippen molar-refractivity contribution in [1.29, 1.82) is 0 Å². The monoisotopic (exact) mass is 419 g/mol. The zero-order valence-electron chi connectivity index (χ0n) is 15.8. The minimum absolute atomic E-state index is 0.105. The number of fused-ring (bicyclic) bond motifs is 1. The van der Waals surface area contributed by atoms with E-state index in [-0.39, 0.29) is 17.3 Å². The van der Waals surface area contributed by atoms with Gasteiger partial charge in [0.05, 0.1) is 17.8 Å². The zero-order chi connectivity index (χ0) is 21.5. The van der Waals surface area contributed by atoms with Gasteiger partial charge in [-0.2, -0.15) is 13.2 Å². The van der Waals surface area contributed by atoms with Crippen molar-refractivity contribution in [2.45, 2.75) is 43.7 Å². The molecular weight excluding hydrogens is 399 g/mol. The molecular formula is C21H20F3N3O3. The summed E-state index contributed by atoms with van der Waals surface area (Å²) in [6.45, 7) is 0. The molecule has 1 aliphatic rings.